The summed E-state index contributed by atoms with van der Waals surface area (Å²) in [6, 6.07) is 7.15. The van der Waals surface area contributed by atoms with Gasteiger partial charge in [-0.05, 0) is 24.3 Å². The molecule has 1 unspecified atom stereocenters. The molecule has 0 aromatic heterocycles. The van der Waals surface area contributed by atoms with Gasteiger partial charge in [0.15, 0.2) is 11.4 Å². The molecule has 176 valence electrons. The van der Waals surface area contributed by atoms with Crippen LogP contribution in [0.15, 0.2) is 41.2 Å². The van der Waals surface area contributed by atoms with Gasteiger partial charge in [-0.1, -0.05) is 24.3 Å². The molecule has 0 aliphatic heterocycles. The lowest BCUT2D eigenvalue weighted by Crippen LogP contribution is -2.58. The van der Waals surface area contributed by atoms with Crippen molar-refractivity contribution in [1.82, 2.24) is 0 Å². The lowest BCUT2D eigenvalue weighted by Gasteiger charge is -2.46. The minimum atomic E-state index is -2.56. The summed E-state index contributed by atoms with van der Waals surface area (Å²) in [5.74, 6) is -6.30. The highest BCUT2D eigenvalue weighted by Crippen LogP contribution is 2.54. The molecule has 5 rings (SSSR count). The third-order valence-corrected chi connectivity index (χ3v) is 7.37. The molecule has 0 radical (unpaired) electrons. The number of rotatable bonds is 2. The number of phenolic OH excluding ortho intramolecular Hbond substituents is 1. The maximum absolute atomic E-state index is 13.6. The molecule has 0 spiro atoms. The predicted molar refractivity (Wildman–Crippen MR) is 123 cm³/mol. The van der Waals surface area contributed by atoms with Crippen molar-refractivity contribution in [3.05, 3.63) is 52.3 Å². The first-order chi connectivity index (χ1) is 16.0. The zero-order valence-electron chi connectivity index (χ0n) is 18.6. The minimum absolute atomic E-state index is 0.0922. The van der Waals surface area contributed by atoms with Crippen LogP contribution in [0.1, 0.15) is 24.0 Å². The molecule has 3 atom stereocenters. The number of carbonyl (C=O) groups is 3. The third kappa shape index (κ3) is 2.61. The van der Waals surface area contributed by atoms with Crippen LogP contribution in [0, 0.1) is 11.8 Å². The van der Waals surface area contributed by atoms with E-state index >= 15 is 0 Å². The highest BCUT2D eigenvalue weighted by atomic mass is 16.3. The summed E-state index contributed by atoms with van der Waals surface area (Å²) in [6.45, 7) is 0. The Balaban J connectivity index is 1.79. The van der Waals surface area contributed by atoms with Crippen molar-refractivity contribution in [2.45, 2.75) is 24.9 Å². The molecular weight excluding hydrogens is 440 g/mol. The van der Waals surface area contributed by atoms with Crippen molar-refractivity contribution >= 4 is 39.7 Å². The normalized spacial score (nSPS) is 26.3. The number of nitrogens with two attached hydrogens (primary N) is 1. The molecule has 3 aliphatic carbocycles. The van der Waals surface area contributed by atoms with Crippen molar-refractivity contribution in [3.8, 4) is 5.75 Å². The number of aliphatic hydroxyl groups is 3. The molecule has 2 aromatic rings. The average Bonchev–Trinajstić information content (AvgIpc) is 2.76. The second-order valence-corrected chi connectivity index (χ2v) is 9.40. The lowest BCUT2D eigenvalue weighted by molar-refractivity contribution is -0.147. The van der Waals surface area contributed by atoms with E-state index in [1.807, 2.05) is 31.1 Å². The molecule has 1 saturated carbocycles. The molecule has 9 heteroatoms. The summed E-state index contributed by atoms with van der Waals surface area (Å²) in [7, 11) is 3.68. The number of fused-ring (bicyclic) bond motifs is 4. The molecule has 6 N–H and O–H groups in total. The van der Waals surface area contributed by atoms with Gasteiger partial charge in [0.25, 0.3) is 5.91 Å². The monoisotopic (exact) mass is 464 g/mol. The largest absolute Gasteiger partial charge is 0.508 e. The number of ketones is 2. The Bertz CT molecular complexity index is 1390. The van der Waals surface area contributed by atoms with E-state index in [9.17, 15) is 34.8 Å². The van der Waals surface area contributed by atoms with E-state index in [-0.39, 0.29) is 36.1 Å². The van der Waals surface area contributed by atoms with Crippen molar-refractivity contribution in [1.29, 1.82) is 0 Å². The number of aliphatic hydroxyl groups excluding tert-OH is 2. The first-order valence-electron chi connectivity index (χ1n) is 10.9. The summed E-state index contributed by atoms with van der Waals surface area (Å²) in [5.41, 5.74) is 3.22. The molecule has 0 heterocycles. The number of phenols is 1. The fraction of sp³-hybridized carbons (Fsp3) is 0.320. The number of carbonyl (C=O) groups excluding carboxylic acids is 3. The van der Waals surface area contributed by atoms with Gasteiger partial charge < -0.3 is 31.1 Å². The molecule has 0 saturated heterocycles. The number of hydrogen-bond donors (Lipinski definition) is 5. The van der Waals surface area contributed by atoms with Crippen molar-refractivity contribution in [3.63, 3.8) is 0 Å². The molecule has 9 nitrogen and oxygen atoms in total. The number of anilines is 1. The third-order valence-electron chi connectivity index (χ3n) is 7.37. The Morgan fingerprint density at radius 2 is 1.74 bits per heavy atom. The fourth-order valence-electron chi connectivity index (χ4n) is 5.93. The Labute approximate surface area is 194 Å². The van der Waals surface area contributed by atoms with Gasteiger partial charge in [0.2, 0.25) is 5.78 Å². The number of hydrogen-bond acceptors (Lipinski definition) is 8. The van der Waals surface area contributed by atoms with E-state index in [4.69, 9.17) is 5.73 Å². The number of primary amides is 1. The van der Waals surface area contributed by atoms with Crippen molar-refractivity contribution < 1.29 is 34.8 Å². The highest BCUT2D eigenvalue weighted by molar-refractivity contribution is 6.23. The Morgan fingerprint density at radius 3 is 2.35 bits per heavy atom. The average molecular weight is 464 g/mol. The topological polar surface area (TPSA) is 161 Å². The summed E-state index contributed by atoms with van der Waals surface area (Å²) in [5, 5.41) is 45.6. The minimum Gasteiger partial charge on any atom is -0.508 e. The van der Waals surface area contributed by atoms with Gasteiger partial charge in [0.1, 0.15) is 22.8 Å². The first kappa shape index (κ1) is 22.0. The lowest BCUT2D eigenvalue weighted by atomic mass is 9.59. The van der Waals surface area contributed by atoms with Crippen LogP contribution in [0.5, 0.6) is 5.75 Å². The van der Waals surface area contributed by atoms with E-state index in [1.54, 1.807) is 12.1 Å². The molecule has 2 aromatic carbocycles. The molecular formula is C25H24N2O7. The highest BCUT2D eigenvalue weighted by Gasteiger charge is 2.60. The first-order valence-corrected chi connectivity index (χ1v) is 10.9. The van der Waals surface area contributed by atoms with Gasteiger partial charge in [0, 0.05) is 48.5 Å². The second kappa shape index (κ2) is 7.07. The molecule has 1 amide bonds. The van der Waals surface area contributed by atoms with Crippen molar-refractivity contribution in [2.24, 2.45) is 17.6 Å². The maximum Gasteiger partial charge on any atom is 0.255 e. The van der Waals surface area contributed by atoms with Gasteiger partial charge in [-0.3, -0.25) is 14.4 Å². The number of amides is 1. The van der Waals surface area contributed by atoms with E-state index in [0.717, 1.165) is 11.1 Å². The molecule has 0 bridgehead atoms. The van der Waals surface area contributed by atoms with E-state index in [2.05, 4.69) is 0 Å². The molecule has 34 heavy (non-hydrogen) atoms. The van der Waals surface area contributed by atoms with Gasteiger partial charge >= 0.3 is 0 Å². The number of Topliss-reactive ketones (excluding diaryl/α,β-unsaturated/α-hetero) is 2. The Kier molecular flexibility index (Phi) is 4.57. The molecule has 3 aliphatic rings. The van der Waals surface area contributed by atoms with Crippen LogP contribution in [0.4, 0.5) is 5.69 Å². The Morgan fingerprint density at radius 1 is 1.09 bits per heavy atom. The van der Waals surface area contributed by atoms with Gasteiger partial charge in [-0.25, -0.2) is 0 Å². The van der Waals surface area contributed by atoms with Crippen molar-refractivity contribution in [2.75, 3.05) is 19.0 Å². The molecule has 1 fully saturated rings. The van der Waals surface area contributed by atoms with Crippen LogP contribution in [0.25, 0.3) is 16.5 Å². The van der Waals surface area contributed by atoms with Crippen LogP contribution in [0.2, 0.25) is 0 Å². The number of nitrogens with zero attached hydrogens (tertiary/aromatic N) is 1. The van der Waals surface area contributed by atoms with Crippen LogP contribution in [-0.2, 0) is 20.8 Å². The smallest absolute Gasteiger partial charge is 0.255 e. The zero-order valence-corrected chi connectivity index (χ0v) is 18.6. The predicted octanol–water partition coefficient (Wildman–Crippen LogP) is 1.64. The zero-order chi connectivity index (χ0) is 24.7. The van der Waals surface area contributed by atoms with Crippen LogP contribution < -0.4 is 10.6 Å². The van der Waals surface area contributed by atoms with E-state index < -0.39 is 52.0 Å². The van der Waals surface area contributed by atoms with Crippen LogP contribution in [-0.4, -0.2) is 57.6 Å². The fourth-order valence-corrected chi connectivity index (χ4v) is 5.93. The summed E-state index contributed by atoms with van der Waals surface area (Å²) < 4.78 is 0. The van der Waals surface area contributed by atoms with Gasteiger partial charge in [-0.2, -0.15) is 0 Å². The number of aromatic hydroxyl groups is 1. The summed E-state index contributed by atoms with van der Waals surface area (Å²) >= 11 is 0. The number of benzene rings is 2. The maximum atomic E-state index is 13.6. The SMILES string of the molecule is CN(C)c1c2c(c(O)c3ccccc13)C(O)=C1C(=O)[C@]3(O)C(O)=C(C(N)=O)C(=O)C[C@@H]3CC1C2. The summed E-state index contributed by atoms with van der Waals surface area (Å²) in [4.78, 5) is 39.7. The quantitative estimate of drug-likeness (QED) is 0.419. The summed E-state index contributed by atoms with van der Waals surface area (Å²) in [6.07, 6.45) is 0.0230. The van der Waals surface area contributed by atoms with Crippen LogP contribution in [0.3, 0.4) is 0 Å². The van der Waals surface area contributed by atoms with E-state index in [1.165, 1.54) is 0 Å². The van der Waals surface area contributed by atoms with Crippen LogP contribution >= 0.6 is 0 Å². The van der Waals surface area contributed by atoms with Gasteiger partial charge in [0.05, 0.1) is 5.56 Å². The second-order valence-electron chi connectivity index (χ2n) is 9.40. The van der Waals surface area contributed by atoms with Gasteiger partial charge in [-0.15, -0.1) is 0 Å². The van der Waals surface area contributed by atoms with E-state index in [0.29, 0.717) is 10.9 Å². The Hall–Kier alpha value is -3.85. The standard InChI is InChI=1S/C25H24N2O7/c1-27(2)19-12-5-3-4-6-13(12)20(29)17-14(19)8-10-7-11-9-15(28)18(24(26)33)23(32)25(11,34)22(31)16(10)21(17)30/h3-6,10-11,29-30,32,34H,7-9H2,1-2H3,(H2,26,33)/t10?,11-,25-/m0/s1.